The Kier molecular flexibility index (Phi) is 6.10. The molecule has 1 aromatic carbocycles. The Balaban J connectivity index is 1.56. The third-order valence-electron chi connectivity index (χ3n) is 5.96. The summed E-state index contributed by atoms with van der Waals surface area (Å²) in [5.74, 6) is 1.46. The first kappa shape index (κ1) is 22.8. The molecule has 0 saturated carbocycles. The van der Waals surface area contributed by atoms with Gasteiger partial charge in [0, 0.05) is 63.7 Å². The van der Waals surface area contributed by atoms with E-state index in [2.05, 4.69) is 10.1 Å². The molecule has 33 heavy (non-hydrogen) atoms. The van der Waals surface area contributed by atoms with Gasteiger partial charge in [-0.15, -0.1) is 0 Å². The molecule has 0 spiro atoms. The van der Waals surface area contributed by atoms with E-state index < -0.39 is 5.60 Å². The predicted molar refractivity (Wildman–Crippen MR) is 128 cm³/mol. The molecule has 4 rings (SSSR count). The largest absolute Gasteiger partial charge is 0.478 e. The highest BCUT2D eigenvalue weighted by molar-refractivity contribution is 5.85. The van der Waals surface area contributed by atoms with E-state index in [-0.39, 0.29) is 11.8 Å². The fraction of sp³-hybridized carbons (Fsp3) is 0.440. The lowest BCUT2D eigenvalue weighted by Gasteiger charge is -2.30. The molecule has 0 aliphatic carbocycles. The van der Waals surface area contributed by atoms with Gasteiger partial charge in [-0.05, 0) is 44.9 Å². The van der Waals surface area contributed by atoms with Gasteiger partial charge in [-0.2, -0.15) is 5.10 Å². The van der Waals surface area contributed by atoms with E-state index in [0.717, 1.165) is 28.8 Å². The maximum Gasteiger partial charge on any atom is 0.266 e. The van der Waals surface area contributed by atoms with Crippen molar-refractivity contribution in [1.29, 1.82) is 0 Å². The smallest absolute Gasteiger partial charge is 0.266 e. The Morgan fingerprint density at radius 2 is 2.03 bits per heavy atom. The molecule has 3 aromatic rings. The Morgan fingerprint density at radius 1 is 1.24 bits per heavy atom. The fourth-order valence-electron chi connectivity index (χ4n) is 4.26. The van der Waals surface area contributed by atoms with Crippen molar-refractivity contribution in [2.75, 3.05) is 32.1 Å². The number of carbonyl (C=O) groups excluding carboxylic acids is 1. The summed E-state index contributed by atoms with van der Waals surface area (Å²) in [5, 5.41) is 4.31. The molecule has 1 amide bonds. The summed E-state index contributed by atoms with van der Waals surface area (Å²) in [6, 6.07) is 7.79. The zero-order valence-corrected chi connectivity index (χ0v) is 20.2. The molecular weight excluding hydrogens is 416 g/mol. The first-order valence-corrected chi connectivity index (χ1v) is 11.2. The summed E-state index contributed by atoms with van der Waals surface area (Å²) in [6.45, 7) is 6.94. The van der Waals surface area contributed by atoms with E-state index in [1.165, 1.54) is 0 Å². The van der Waals surface area contributed by atoms with Crippen molar-refractivity contribution < 1.29 is 9.53 Å². The molecule has 3 heterocycles. The number of benzene rings is 1. The molecule has 1 unspecified atom stereocenters. The lowest BCUT2D eigenvalue weighted by atomic mass is 9.97. The minimum absolute atomic E-state index is 0.0173. The van der Waals surface area contributed by atoms with Crippen molar-refractivity contribution in [3.8, 4) is 16.9 Å². The van der Waals surface area contributed by atoms with Crippen LogP contribution >= 0.6 is 0 Å². The van der Waals surface area contributed by atoms with Gasteiger partial charge in [0.05, 0.1) is 11.9 Å². The second-order valence-electron chi connectivity index (χ2n) is 9.43. The zero-order chi connectivity index (χ0) is 23.8. The second-order valence-corrected chi connectivity index (χ2v) is 9.43. The Bertz CT molecular complexity index is 1150. The van der Waals surface area contributed by atoms with Crippen LogP contribution in [0.15, 0.2) is 42.9 Å². The SMILES string of the molecule is Cc1cccc(OC(C)(C)C(=O)N2CCC(c3nc(N(C)C)ncc3-c3cnn(C)c3)C2)c1. The average Bonchev–Trinajstić information content (AvgIpc) is 3.41. The van der Waals surface area contributed by atoms with Crippen molar-refractivity contribution in [1.82, 2.24) is 24.6 Å². The summed E-state index contributed by atoms with van der Waals surface area (Å²) in [5.41, 5.74) is 3.03. The molecule has 0 bridgehead atoms. The van der Waals surface area contributed by atoms with E-state index in [0.29, 0.717) is 24.8 Å². The van der Waals surface area contributed by atoms with Crippen LogP contribution in [0.3, 0.4) is 0 Å². The molecule has 1 fully saturated rings. The highest BCUT2D eigenvalue weighted by atomic mass is 16.5. The summed E-state index contributed by atoms with van der Waals surface area (Å²) < 4.78 is 7.88. The number of aromatic nitrogens is 4. The molecular formula is C25H32N6O2. The minimum atomic E-state index is -0.963. The van der Waals surface area contributed by atoms with Crippen molar-refractivity contribution >= 4 is 11.9 Å². The number of carbonyl (C=O) groups is 1. The minimum Gasteiger partial charge on any atom is -0.478 e. The Morgan fingerprint density at radius 3 is 2.70 bits per heavy atom. The van der Waals surface area contributed by atoms with Crippen molar-refractivity contribution in [2.24, 2.45) is 7.05 Å². The molecule has 174 valence electrons. The first-order valence-electron chi connectivity index (χ1n) is 11.2. The van der Waals surface area contributed by atoms with Gasteiger partial charge in [-0.1, -0.05) is 12.1 Å². The molecule has 1 aliphatic heterocycles. The summed E-state index contributed by atoms with van der Waals surface area (Å²) in [7, 11) is 5.75. The molecule has 2 aromatic heterocycles. The van der Waals surface area contributed by atoms with Crippen molar-refractivity contribution in [2.45, 2.75) is 38.7 Å². The lowest BCUT2D eigenvalue weighted by Crippen LogP contribution is -2.48. The van der Waals surface area contributed by atoms with E-state index in [1.807, 2.05) is 94.6 Å². The van der Waals surface area contributed by atoms with Gasteiger partial charge in [0.2, 0.25) is 5.95 Å². The van der Waals surface area contributed by atoms with E-state index in [1.54, 1.807) is 4.68 Å². The van der Waals surface area contributed by atoms with Crippen LogP contribution in [0.5, 0.6) is 5.75 Å². The van der Waals surface area contributed by atoms with Crippen LogP contribution in [-0.4, -0.2) is 63.3 Å². The van der Waals surface area contributed by atoms with Gasteiger partial charge in [0.1, 0.15) is 5.75 Å². The first-order chi connectivity index (χ1) is 15.6. The van der Waals surface area contributed by atoms with Crippen LogP contribution in [0.2, 0.25) is 0 Å². The number of likely N-dealkylation sites (tertiary alicyclic amines) is 1. The number of anilines is 1. The van der Waals surface area contributed by atoms with Crippen LogP contribution in [0.1, 0.15) is 37.4 Å². The normalized spacial score (nSPS) is 16.2. The van der Waals surface area contributed by atoms with E-state index in [4.69, 9.17) is 9.72 Å². The number of rotatable bonds is 6. The lowest BCUT2D eigenvalue weighted by molar-refractivity contribution is -0.144. The second kappa shape index (κ2) is 8.84. The maximum absolute atomic E-state index is 13.4. The number of nitrogens with zero attached hydrogens (tertiary/aromatic N) is 6. The summed E-state index contributed by atoms with van der Waals surface area (Å²) >= 11 is 0. The molecule has 1 atom stereocenters. The predicted octanol–water partition coefficient (Wildman–Crippen LogP) is 3.43. The maximum atomic E-state index is 13.4. The highest BCUT2D eigenvalue weighted by Crippen LogP contribution is 2.35. The monoisotopic (exact) mass is 448 g/mol. The molecule has 8 heteroatoms. The summed E-state index contributed by atoms with van der Waals surface area (Å²) in [6.07, 6.45) is 6.50. The van der Waals surface area contributed by atoms with Crippen LogP contribution in [0, 0.1) is 6.92 Å². The van der Waals surface area contributed by atoms with E-state index >= 15 is 0 Å². The van der Waals surface area contributed by atoms with Gasteiger partial charge in [0.25, 0.3) is 5.91 Å². The van der Waals surface area contributed by atoms with Crippen LogP contribution in [0.4, 0.5) is 5.95 Å². The van der Waals surface area contributed by atoms with Crippen LogP contribution in [-0.2, 0) is 11.8 Å². The molecule has 0 radical (unpaired) electrons. The van der Waals surface area contributed by atoms with Crippen LogP contribution in [0.25, 0.3) is 11.1 Å². The number of hydrogen-bond acceptors (Lipinski definition) is 6. The molecule has 8 nitrogen and oxygen atoms in total. The number of ether oxygens (including phenoxy) is 1. The zero-order valence-electron chi connectivity index (χ0n) is 20.2. The number of hydrogen-bond donors (Lipinski definition) is 0. The summed E-state index contributed by atoms with van der Waals surface area (Å²) in [4.78, 5) is 26.6. The average molecular weight is 449 g/mol. The standard InChI is InChI=1S/C25H32N6O2/c1-17-8-7-9-20(12-17)33-25(2,3)23(32)31-11-10-18(16-31)22-21(19-13-27-30(6)15-19)14-26-24(28-22)29(4)5/h7-9,12-15,18H,10-11,16H2,1-6H3. The van der Waals surface area contributed by atoms with E-state index in [9.17, 15) is 4.79 Å². The van der Waals surface area contributed by atoms with Gasteiger partial charge in [-0.3, -0.25) is 9.48 Å². The molecule has 0 N–H and O–H groups in total. The number of amides is 1. The van der Waals surface area contributed by atoms with Gasteiger partial charge in [0.15, 0.2) is 5.60 Å². The Hall–Kier alpha value is -3.42. The molecule has 1 saturated heterocycles. The van der Waals surface area contributed by atoms with Crippen molar-refractivity contribution in [3.63, 3.8) is 0 Å². The third kappa shape index (κ3) is 4.84. The van der Waals surface area contributed by atoms with Crippen LogP contribution < -0.4 is 9.64 Å². The quantitative estimate of drug-likeness (QED) is 0.575. The molecule has 1 aliphatic rings. The van der Waals surface area contributed by atoms with Gasteiger partial charge >= 0.3 is 0 Å². The van der Waals surface area contributed by atoms with Gasteiger partial charge < -0.3 is 14.5 Å². The van der Waals surface area contributed by atoms with Crippen molar-refractivity contribution in [3.05, 3.63) is 54.1 Å². The number of aryl methyl sites for hydroxylation is 2. The fourth-order valence-corrected chi connectivity index (χ4v) is 4.26. The topological polar surface area (TPSA) is 76.4 Å². The van der Waals surface area contributed by atoms with Gasteiger partial charge in [-0.25, -0.2) is 9.97 Å². The third-order valence-corrected chi connectivity index (χ3v) is 5.96. The Labute approximate surface area is 195 Å². The highest BCUT2D eigenvalue weighted by Gasteiger charge is 2.39.